The third-order valence-electron chi connectivity index (χ3n) is 6.60. The predicted molar refractivity (Wildman–Crippen MR) is 119 cm³/mol. The lowest BCUT2D eigenvalue weighted by Gasteiger charge is -2.52. The summed E-state index contributed by atoms with van der Waals surface area (Å²) in [7, 11) is 0.0378. The molecule has 0 saturated heterocycles. The molecular weight excluding hydrogens is 340 g/mol. The van der Waals surface area contributed by atoms with Crippen LogP contribution in [0.4, 0.5) is 0 Å². The topological polar surface area (TPSA) is 18.5 Å². The Morgan fingerprint density at radius 1 is 0.480 bits per heavy atom. The Morgan fingerprint density at radius 3 is 0.800 bits per heavy atom. The molecule has 0 aromatic rings. The van der Waals surface area contributed by atoms with E-state index in [1.54, 1.807) is 0 Å². The Hall–Kier alpha value is 0.354. The Kier molecular flexibility index (Phi) is 7.88. The van der Waals surface area contributed by atoms with Gasteiger partial charge in [0.05, 0.1) is 0 Å². The maximum Gasteiger partial charge on any atom is 0.202 e. The zero-order valence-corrected chi connectivity index (χ0v) is 21.9. The van der Waals surface area contributed by atoms with E-state index in [9.17, 15) is 0 Å². The van der Waals surface area contributed by atoms with Crippen molar-refractivity contribution in [3.63, 3.8) is 0 Å². The van der Waals surface area contributed by atoms with Crippen LogP contribution in [0, 0.1) is 0 Å². The van der Waals surface area contributed by atoms with Gasteiger partial charge in [-0.2, -0.15) is 0 Å². The quantitative estimate of drug-likeness (QED) is 0.433. The molecule has 0 radical (unpaired) electrons. The SMILES string of the molecule is CO[Si](CCC[Si](OC)(C(C)(C)C)C(C)(C)C)(C(C)(C)C)C(C)(C)C. The van der Waals surface area contributed by atoms with Crippen molar-refractivity contribution in [1.82, 2.24) is 0 Å². The van der Waals surface area contributed by atoms with Gasteiger partial charge in [-0.3, -0.25) is 0 Å². The fourth-order valence-corrected chi connectivity index (χ4v) is 17.8. The average Bonchev–Trinajstić information content (AvgIpc) is 2.32. The van der Waals surface area contributed by atoms with E-state index >= 15 is 0 Å². The molecular formula is C21H48O2Si2. The van der Waals surface area contributed by atoms with Crippen molar-refractivity contribution in [2.45, 2.75) is 122 Å². The van der Waals surface area contributed by atoms with E-state index in [2.05, 4.69) is 83.1 Å². The standard InChI is InChI=1S/C21H48O2Si2/c1-18(2,3)24(22-13,19(4,5)6)16-15-17-25(23-14,20(7,8)9)21(10,11)12/h15-17H2,1-14H3. The largest absolute Gasteiger partial charge is 0.419 e. The van der Waals surface area contributed by atoms with E-state index in [1.807, 2.05) is 14.2 Å². The van der Waals surface area contributed by atoms with Crippen LogP contribution >= 0.6 is 0 Å². The maximum atomic E-state index is 6.40. The summed E-state index contributed by atoms with van der Waals surface area (Å²) in [6.45, 7) is 28.5. The minimum absolute atomic E-state index is 0.223. The summed E-state index contributed by atoms with van der Waals surface area (Å²) in [5.74, 6) is 0. The van der Waals surface area contributed by atoms with Gasteiger partial charge in [-0.15, -0.1) is 0 Å². The normalized spacial score (nSPS) is 15.6. The van der Waals surface area contributed by atoms with Crippen LogP contribution in [0.1, 0.15) is 89.5 Å². The first-order valence-electron chi connectivity index (χ1n) is 9.93. The van der Waals surface area contributed by atoms with Gasteiger partial charge < -0.3 is 8.85 Å². The van der Waals surface area contributed by atoms with Gasteiger partial charge >= 0.3 is 0 Å². The third kappa shape index (κ3) is 4.80. The fourth-order valence-electron chi connectivity index (χ4n) is 5.77. The molecule has 0 N–H and O–H groups in total. The van der Waals surface area contributed by atoms with Gasteiger partial charge in [-0.25, -0.2) is 0 Å². The summed E-state index contributed by atoms with van der Waals surface area (Å²) in [5, 5.41) is 0.892. The fraction of sp³-hybridized carbons (Fsp3) is 1.00. The molecule has 0 aliphatic heterocycles. The van der Waals surface area contributed by atoms with E-state index < -0.39 is 16.6 Å². The van der Waals surface area contributed by atoms with Gasteiger partial charge in [0.2, 0.25) is 16.6 Å². The van der Waals surface area contributed by atoms with Crippen LogP contribution in [-0.2, 0) is 8.85 Å². The summed E-state index contributed by atoms with van der Waals surface area (Å²) in [4.78, 5) is 0. The molecule has 0 amide bonds. The number of rotatable bonds is 6. The van der Waals surface area contributed by atoms with Gasteiger partial charge in [0, 0.05) is 14.2 Å². The highest BCUT2D eigenvalue weighted by Gasteiger charge is 2.57. The predicted octanol–water partition coefficient (Wildman–Crippen LogP) is 7.76. The molecule has 0 aromatic carbocycles. The maximum absolute atomic E-state index is 6.40. The first-order chi connectivity index (χ1) is 10.8. The van der Waals surface area contributed by atoms with E-state index in [0.29, 0.717) is 0 Å². The number of hydrogen-bond donors (Lipinski definition) is 0. The summed E-state index contributed by atoms with van der Waals surface area (Å²) >= 11 is 0. The third-order valence-corrected chi connectivity index (χ3v) is 19.8. The lowest BCUT2D eigenvalue weighted by Crippen LogP contribution is -2.56. The molecule has 0 rings (SSSR count). The van der Waals surface area contributed by atoms with Crippen LogP contribution in [0.15, 0.2) is 0 Å². The molecule has 0 fully saturated rings. The van der Waals surface area contributed by atoms with Crippen molar-refractivity contribution >= 4 is 16.6 Å². The molecule has 25 heavy (non-hydrogen) atoms. The second-order valence-corrected chi connectivity index (χ2v) is 23.0. The van der Waals surface area contributed by atoms with Gasteiger partial charge in [-0.05, 0) is 32.2 Å². The van der Waals surface area contributed by atoms with Crippen LogP contribution in [0.25, 0.3) is 0 Å². The zero-order valence-electron chi connectivity index (χ0n) is 19.9. The average molecular weight is 389 g/mol. The van der Waals surface area contributed by atoms with Gasteiger partial charge in [0.1, 0.15) is 0 Å². The van der Waals surface area contributed by atoms with Gasteiger partial charge in [-0.1, -0.05) is 89.5 Å². The Labute approximate surface area is 161 Å². The van der Waals surface area contributed by atoms with Crippen molar-refractivity contribution in [1.29, 1.82) is 0 Å². The summed E-state index contributed by atoms with van der Waals surface area (Å²) in [5.41, 5.74) is 0. The van der Waals surface area contributed by atoms with Crippen LogP contribution in [0.3, 0.4) is 0 Å². The van der Waals surface area contributed by atoms with Crippen molar-refractivity contribution in [3.8, 4) is 0 Å². The minimum Gasteiger partial charge on any atom is -0.419 e. The van der Waals surface area contributed by atoms with Crippen LogP contribution < -0.4 is 0 Å². The Morgan fingerprint density at radius 2 is 0.680 bits per heavy atom. The molecule has 0 unspecified atom stereocenters. The second-order valence-electron chi connectivity index (χ2n) is 11.9. The second kappa shape index (κ2) is 7.77. The highest BCUT2D eigenvalue weighted by atomic mass is 28.4. The van der Waals surface area contributed by atoms with Crippen molar-refractivity contribution in [2.75, 3.05) is 14.2 Å². The lowest BCUT2D eigenvalue weighted by atomic mass is 10.2. The molecule has 0 aromatic heterocycles. The molecule has 0 atom stereocenters. The number of hydrogen-bond acceptors (Lipinski definition) is 2. The molecule has 0 heterocycles. The highest BCUT2D eigenvalue weighted by molar-refractivity contribution is 6.81. The van der Waals surface area contributed by atoms with Crippen LogP contribution in [0.5, 0.6) is 0 Å². The molecule has 2 nitrogen and oxygen atoms in total. The molecule has 0 spiro atoms. The first kappa shape index (κ1) is 25.4. The van der Waals surface area contributed by atoms with Gasteiger partial charge in [0.15, 0.2) is 0 Å². The van der Waals surface area contributed by atoms with Crippen molar-refractivity contribution in [3.05, 3.63) is 0 Å². The summed E-state index contributed by atoms with van der Waals surface area (Å²) in [6, 6.07) is 2.42. The van der Waals surface area contributed by atoms with E-state index in [0.717, 1.165) is 0 Å². The molecule has 4 heteroatoms. The Balaban J connectivity index is 5.72. The first-order valence-corrected chi connectivity index (χ1v) is 14.2. The van der Waals surface area contributed by atoms with Crippen LogP contribution in [0.2, 0.25) is 32.2 Å². The van der Waals surface area contributed by atoms with Gasteiger partial charge in [0.25, 0.3) is 0 Å². The molecule has 0 saturated carbocycles. The smallest absolute Gasteiger partial charge is 0.202 e. The zero-order chi connectivity index (χ0) is 20.5. The molecule has 0 aliphatic carbocycles. The van der Waals surface area contributed by atoms with Crippen molar-refractivity contribution in [2.24, 2.45) is 0 Å². The van der Waals surface area contributed by atoms with Crippen molar-refractivity contribution < 1.29 is 8.85 Å². The monoisotopic (exact) mass is 388 g/mol. The molecule has 0 aliphatic rings. The summed E-state index contributed by atoms with van der Waals surface area (Å²) < 4.78 is 12.8. The lowest BCUT2D eigenvalue weighted by molar-refractivity contribution is 0.315. The molecule has 0 bridgehead atoms. The van der Waals surface area contributed by atoms with E-state index in [4.69, 9.17) is 8.85 Å². The minimum atomic E-state index is -1.94. The Bertz CT molecular complexity index is 349. The van der Waals surface area contributed by atoms with E-state index in [1.165, 1.54) is 18.5 Å². The highest BCUT2D eigenvalue weighted by Crippen LogP contribution is 2.57. The molecule has 152 valence electrons. The van der Waals surface area contributed by atoms with Crippen LogP contribution in [-0.4, -0.2) is 30.9 Å². The van der Waals surface area contributed by atoms with E-state index in [-0.39, 0.29) is 20.2 Å². The summed E-state index contributed by atoms with van der Waals surface area (Å²) in [6.07, 6.45) is 1.21.